The lowest BCUT2D eigenvalue weighted by Crippen LogP contribution is -2.50. The van der Waals surface area contributed by atoms with Crippen LogP contribution >= 0.6 is 0 Å². The van der Waals surface area contributed by atoms with Crippen LogP contribution in [0.5, 0.6) is 0 Å². The number of rotatable bonds is 7. The van der Waals surface area contributed by atoms with Gasteiger partial charge in [0, 0.05) is 23.9 Å². The number of halogens is 3. The van der Waals surface area contributed by atoms with Crippen LogP contribution < -0.4 is 5.32 Å². The van der Waals surface area contributed by atoms with E-state index in [-0.39, 0.29) is 23.2 Å². The number of pyridine rings is 1. The second kappa shape index (κ2) is 9.71. The Bertz CT molecular complexity index is 1330. The van der Waals surface area contributed by atoms with Crippen molar-refractivity contribution in [2.45, 2.75) is 31.9 Å². The van der Waals surface area contributed by atoms with Gasteiger partial charge in [-0.25, -0.2) is 13.2 Å². The normalized spacial score (nSPS) is 12.4. The molecule has 0 fully saturated rings. The van der Waals surface area contributed by atoms with Crippen molar-refractivity contribution in [3.63, 3.8) is 0 Å². The van der Waals surface area contributed by atoms with Crippen LogP contribution in [0.3, 0.4) is 0 Å². The zero-order valence-corrected chi connectivity index (χ0v) is 19.0. The standard InChI is InChI=1S/C26H23F3N4O2/c1-26(2,35)20(14-17-6-3-4-13-30-17)31-25(34)18-7-5-8-19(28)21(18)24-22(29)23(32-33-24)15-9-11-16(27)12-10-15/h3-13,20,35H,14H2,1-2H3,(H,31,34)(H,32,33)/t20-/m1/s1. The Labute approximate surface area is 199 Å². The average molecular weight is 480 g/mol. The first-order valence-corrected chi connectivity index (χ1v) is 10.9. The van der Waals surface area contributed by atoms with Gasteiger partial charge in [-0.15, -0.1) is 0 Å². The summed E-state index contributed by atoms with van der Waals surface area (Å²) in [5.74, 6) is -2.94. The van der Waals surface area contributed by atoms with Crippen LogP contribution in [0.25, 0.3) is 22.5 Å². The number of aromatic amines is 1. The van der Waals surface area contributed by atoms with Gasteiger partial charge in [-0.05, 0) is 62.4 Å². The van der Waals surface area contributed by atoms with Crippen molar-refractivity contribution in [1.82, 2.24) is 20.5 Å². The molecule has 9 heteroatoms. The highest BCUT2D eigenvalue weighted by molar-refractivity contribution is 6.01. The molecule has 4 aromatic rings. The van der Waals surface area contributed by atoms with Gasteiger partial charge in [0.05, 0.1) is 22.8 Å². The van der Waals surface area contributed by atoms with E-state index in [0.717, 1.165) is 18.2 Å². The monoisotopic (exact) mass is 480 g/mol. The fraction of sp³-hybridized carbons (Fsp3) is 0.192. The fourth-order valence-electron chi connectivity index (χ4n) is 3.70. The molecule has 2 aromatic heterocycles. The molecule has 2 aromatic carbocycles. The lowest BCUT2D eigenvalue weighted by molar-refractivity contribution is 0.0347. The number of carbonyl (C=O) groups is 1. The van der Waals surface area contributed by atoms with Crippen molar-refractivity contribution in [3.05, 3.63) is 95.6 Å². The van der Waals surface area contributed by atoms with Gasteiger partial charge in [0.1, 0.15) is 23.0 Å². The van der Waals surface area contributed by atoms with Gasteiger partial charge in [-0.2, -0.15) is 5.10 Å². The first-order valence-electron chi connectivity index (χ1n) is 10.9. The topological polar surface area (TPSA) is 90.9 Å². The molecule has 3 N–H and O–H groups in total. The highest BCUT2D eigenvalue weighted by Crippen LogP contribution is 2.32. The summed E-state index contributed by atoms with van der Waals surface area (Å²) >= 11 is 0. The minimum atomic E-state index is -1.34. The molecule has 4 rings (SSSR count). The van der Waals surface area contributed by atoms with Crippen molar-refractivity contribution in [1.29, 1.82) is 0 Å². The van der Waals surface area contributed by atoms with E-state index in [2.05, 4.69) is 20.5 Å². The quantitative estimate of drug-likeness (QED) is 0.359. The minimum absolute atomic E-state index is 0.0702. The molecule has 35 heavy (non-hydrogen) atoms. The number of amides is 1. The van der Waals surface area contributed by atoms with Crippen LogP contribution in [-0.2, 0) is 6.42 Å². The zero-order chi connectivity index (χ0) is 25.2. The Hall–Kier alpha value is -3.98. The molecule has 1 atom stereocenters. The molecule has 0 aliphatic carbocycles. The molecule has 2 heterocycles. The lowest BCUT2D eigenvalue weighted by Gasteiger charge is -2.30. The molecule has 0 spiro atoms. The molecule has 0 radical (unpaired) electrons. The highest BCUT2D eigenvalue weighted by Gasteiger charge is 2.31. The largest absolute Gasteiger partial charge is 0.388 e. The third kappa shape index (κ3) is 5.25. The van der Waals surface area contributed by atoms with Crippen molar-refractivity contribution in [2.75, 3.05) is 0 Å². The van der Waals surface area contributed by atoms with Gasteiger partial charge >= 0.3 is 0 Å². The number of aromatic nitrogens is 3. The third-order valence-corrected chi connectivity index (χ3v) is 5.63. The second-order valence-electron chi connectivity index (χ2n) is 8.64. The second-order valence-corrected chi connectivity index (χ2v) is 8.64. The Balaban J connectivity index is 1.69. The Morgan fingerprint density at radius 1 is 1.06 bits per heavy atom. The maximum absolute atomic E-state index is 15.3. The first-order chi connectivity index (χ1) is 16.6. The van der Waals surface area contributed by atoms with Crippen molar-refractivity contribution >= 4 is 5.91 Å². The number of aliphatic hydroxyl groups is 1. The molecule has 0 bridgehead atoms. The Morgan fingerprint density at radius 2 is 1.80 bits per heavy atom. The summed E-state index contributed by atoms with van der Waals surface area (Å²) in [7, 11) is 0. The van der Waals surface area contributed by atoms with E-state index >= 15 is 4.39 Å². The van der Waals surface area contributed by atoms with Gasteiger partial charge in [0.2, 0.25) is 0 Å². The molecule has 0 saturated heterocycles. The predicted molar refractivity (Wildman–Crippen MR) is 125 cm³/mol. The van der Waals surface area contributed by atoms with Crippen LogP contribution in [0, 0.1) is 17.5 Å². The smallest absolute Gasteiger partial charge is 0.252 e. The van der Waals surface area contributed by atoms with Gasteiger partial charge in [-0.1, -0.05) is 12.1 Å². The van der Waals surface area contributed by atoms with Crippen LogP contribution in [0.4, 0.5) is 13.2 Å². The van der Waals surface area contributed by atoms with E-state index in [9.17, 15) is 18.7 Å². The maximum Gasteiger partial charge on any atom is 0.252 e. The van der Waals surface area contributed by atoms with Gasteiger partial charge in [-0.3, -0.25) is 14.9 Å². The zero-order valence-electron chi connectivity index (χ0n) is 19.0. The number of nitrogens with one attached hydrogen (secondary N) is 2. The van der Waals surface area contributed by atoms with Crippen molar-refractivity contribution < 1.29 is 23.1 Å². The molecule has 1 amide bonds. The molecule has 0 aliphatic heterocycles. The fourth-order valence-corrected chi connectivity index (χ4v) is 3.70. The minimum Gasteiger partial charge on any atom is -0.388 e. The molecular weight excluding hydrogens is 457 g/mol. The number of hydrogen-bond acceptors (Lipinski definition) is 4. The van der Waals surface area contributed by atoms with Gasteiger partial charge < -0.3 is 10.4 Å². The summed E-state index contributed by atoms with van der Waals surface area (Å²) in [4.78, 5) is 17.5. The number of H-pyrrole nitrogens is 1. The number of hydrogen-bond donors (Lipinski definition) is 3. The molecular formula is C26H23F3N4O2. The predicted octanol–water partition coefficient (Wildman–Crippen LogP) is 4.67. The van der Waals surface area contributed by atoms with E-state index in [1.165, 1.54) is 38.1 Å². The average Bonchev–Trinajstić information content (AvgIpc) is 3.19. The molecule has 0 saturated carbocycles. The lowest BCUT2D eigenvalue weighted by atomic mass is 9.93. The molecule has 180 valence electrons. The van der Waals surface area contributed by atoms with Crippen LogP contribution in [0.2, 0.25) is 0 Å². The number of nitrogens with zero attached hydrogens (tertiary/aromatic N) is 2. The summed E-state index contributed by atoms with van der Waals surface area (Å²) in [6, 6.07) is 13.3. The molecule has 0 aliphatic rings. The maximum atomic E-state index is 15.3. The van der Waals surface area contributed by atoms with Crippen molar-refractivity contribution in [2.24, 2.45) is 0 Å². The highest BCUT2D eigenvalue weighted by atomic mass is 19.1. The third-order valence-electron chi connectivity index (χ3n) is 5.63. The number of benzene rings is 2. The van der Waals surface area contributed by atoms with E-state index in [1.54, 1.807) is 24.4 Å². The molecule has 0 unspecified atom stereocenters. The Morgan fingerprint density at radius 3 is 2.46 bits per heavy atom. The van der Waals surface area contributed by atoms with Gasteiger partial charge in [0.25, 0.3) is 5.91 Å². The van der Waals surface area contributed by atoms with Gasteiger partial charge in [0.15, 0.2) is 5.82 Å². The van der Waals surface area contributed by atoms with Crippen LogP contribution in [-0.4, -0.2) is 37.8 Å². The molecule has 6 nitrogen and oxygen atoms in total. The number of carbonyl (C=O) groups excluding carboxylic acids is 1. The summed E-state index contributed by atoms with van der Waals surface area (Å²) in [5.41, 5.74) is -1.34. The van der Waals surface area contributed by atoms with E-state index in [1.807, 2.05) is 0 Å². The van der Waals surface area contributed by atoms with Crippen LogP contribution in [0.1, 0.15) is 29.9 Å². The van der Waals surface area contributed by atoms with Crippen LogP contribution in [0.15, 0.2) is 66.9 Å². The van der Waals surface area contributed by atoms with E-state index in [0.29, 0.717) is 11.3 Å². The summed E-state index contributed by atoms with van der Waals surface area (Å²) in [6.07, 6.45) is 1.81. The van der Waals surface area contributed by atoms with E-state index in [4.69, 9.17) is 0 Å². The Kier molecular flexibility index (Phi) is 6.70. The summed E-state index contributed by atoms with van der Waals surface area (Å²) in [6.45, 7) is 3.07. The van der Waals surface area contributed by atoms with E-state index < -0.39 is 40.7 Å². The van der Waals surface area contributed by atoms with Crippen molar-refractivity contribution in [3.8, 4) is 22.5 Å². The summed E-state index contributed by atoms with van der Waals surface area (Å²) < 4.78 is 43.5. The summed E-state index contributed by atoms with van der Waals surface area (Å²) in [5, 5.41) is 19.8. The first kappa shape index (κ1) is 24.2. The SMILES string of the molecule is CC(C)(O)[C@@H](Cc1ccccn1)NC(=O)c1cccc(F)c1-c1n[nH]c(-c2ccc(F)cc2)c1F.